The van der Waals surface area contributed by atoms with Crippen molar-refractivity contribution in [2.45, 2.75) is 4.90 Å². The molecular formula is C23H20N2O3S2. The Hall–Kier alpha value is -3.03. The van der Waals surface area contributed by atoms with Crippen molar-refractivity contribution in [1.82, 2.24) is 0 Å². The van der Waals surface area contributed by atoms with Gasteiger partial charge >= 0.3 is 0 Å². The smallest absolute Gasteiger partial charge is 0.270 e. The average molecular weight is 437 g/mol. The SMILES string of the molecule is CSc1cccc(NC(=O)C2=C(c3ccccc3)c3ccccc3N(C)S2(=O)=O)c1. The first kappa shape index (κ1) is 20.3. The van der Waals surface area contributed by atoms with Crippen LogP contribution >= 0.6 is 11.8 Å². The summed E-state index contributed by atoms with van der Waals surface area (Å²) in [7, 11) is -2.58. The number of hydrogen-bond donors (Lipinski definition) is 1. The Bertz CT molecular complexity index is 1250. The van der Waals surface area contributed by atoms with Crippen molar-refractivity contribution in [2.24, 2.45) is 0 Å². The number of amides is 1. The topological polar surface area (TPSA) is 66.5 Å². The van der Waals surface area contributed by atoms with Crippen molar-refractivity contribution in [1.29, 1.82) is 0 Å². The van der Waals surface area contributed by atoms with E-state index in [4.69, 9.17) is 0 Å². The third-order valence-electron chi connectivity index (χ3n) is 4.95. The first-order chi connectivity index (χ1) is 14.4. The zero-order valence-corrected chi connectivity index (χ0v) is 18.1. The van der Waals surface area contributed by atoms with Crippen molar-refractivity contribution < 1.29 is 13.2 Å². The van der Waals surface area contributed by atoms with E-state index in [0.29, 0.717) is 28.1 Å². The average Bonchev–Trinajstić information content (AvgIpc) is 2.76. The van der Waals surface area contributed by atoms with Crippen LogP contribution in [0, 0.1) is 0 Å². The summed E-state index contributed by atoms with van der Waals surface area (Å²) in [5.74, 6) is -0.659. The van der Waals surface area contributed by atoms with E-state index in [2.05, 4.69) is 5.32 Å². The highest BCUT2D eigenvalue weighted by Crippen LogP contribution is 2.42. The summed E-state index contributed by atoms with van der Waals surface area (Å²) in [5, 5.41) is 2.78. The number of benzene rings is 3. The van der Waals surface area contributed by atoms with Crippen molar-refractivity contribution in [3.63, 3.8) is 0 Å². The zero-order chi connectivity index (χ0) is 21.3. The van der Waals surface area contributed by atoms with Crippen LogP contribution in [0.2, 0.25) is 0 Å². The lowest BCUT2D eigenvalue weighted by Gasteiger charge is -2.30. The quantitative estimate of drug-likeness (QED) is 0.608. The first-order valence-electron chi connectivity index (χ1n) is 9.27. The van der Waals surface area contributed by atoms with Crippen LogP contribution in [-0.2, 0) is 14.8 Å². The van der Waals surface area contributed by atoms with E-state index < -0.39 is 15.9 Å². The van der Waals surface area contributed by atoms with Crippen LogP contribution in [0.4, 0.5) is 11.4 Å². The van der Waals surface area contributed by atoms with E-state index in [-0.39, 0.29) is 4.91 Å². The Kier molecular flexibility index (Phi) is 5.40. The number of rotatable bonds is 4. The van der Waals surface area contributed by atoms with Crippen LogP contribution in [0.15, 0.2) is 88.7 Å². The fourth-order valence-corrected chi connectivity index (χ4v) is 5.41. The van der Waals surface area contributed by atoms with Crippen molar-refractivity contribution in [3.05, 3.63) is 94.9 Å². The number of thioether (sulfide) groups is 1. The molecular weight excluding hydrogens is 416 g/mol. The van der Waals surface area contributed by atoms with Gasteiger partial charge < -0.3 is 5.32 Å². The number of nitrogens with zero attached hydrogens (tertiary/aromatic N) is 1. The molecule has 0 bridgehead atoms. The van der Waals surface area contributed by atoms with Crippen LogP contribution in [0.25, 0.3) is 5.57 Å². The molecule has 0 aliphatic carbocycles. The Morgan fingerprint density at radius 1 is 0.933 bits per heavy atom. The molecule has 3 aromatic rings. The van der Waals surface area contributed by atoms with Gasteiger partial charge in [0.25, 0.3) is 15.9 Å². The Morgan fingerprint density at radius 2 is 1.63 bits per heavy atom. The van der Waals surface area contributed by atoms with Gasteiger partial charge in [-0.15, -0.1) is 11.8 Å². The molecule has 0 aromatic heterocycles. The lowest BCUT2D eigenvalue weighted by molar-refractivity contribution is -0.112. The highest BCUT2D eigenvalue weighted by molar-refractivity contribution is 7.98. The van der Waals surface area contributed by atoms with Gasteiger partial charge in [-0.25, -0.2) is 8.42 Å². The monoisotopic (exact) mass is 436 g/mol. The molecule has 3 aromatic carbocycles. The number of carbonyl (C=O) groups excluding carboxylic acids is 1. The lowest BCUT2D eigenvalue weighted by atomic mass is 9.95. The molecule has 1 heterocycles. The van der Waals surface area contributed by atoms with Crippen LogP contribution in [-0.4, -0.2) is 27.6 Å². The lowest BCUT2D eigenvalue weighted by Crippen LogP contribution is -2.37. The highest BCUT2D eigenvalue weighted by Gasteiger charge is 2.39. The number of anilines is 2. The van der Waals surface area contributed by atoms with Crippen LogP contribution < -0.4 is 9.62 Å². The summed E-state index contributed by atoms with van der Waals surface area (Å²) >= 11 is 1.54. The standard InChI is InChI=1S/C23H20N2O3S2/c1-25-20-14-7-6-13-19(20)21(16-9-4-3-5-10-16)22(30(25,27)28)23(26)24-17-11-8-12-18(15-17)29-2/h3-15H,1-2H3,(H,24,26). The highest BCUT2D eigenvalue weighted by atomic mass is 32.2. The number of hydrogen-bond acceptors (Lipinski definition) is 4. The molecule has 152 valence electrons. The van der Waals surface area contributed by atoms with Crippen molar-refractivity contribution >= 4 is 44.6 Å². The van der Waals surface area contributed by atoms with Gasteiger partial charge in [-0.05, 0) is 36.1 Å². The summed E-state index contributed by atoms with van der Waals surface area (Å²) in [6.07, 6.45) is 1.94. The summed E-state index contributed by atoms with van der Waals surface area (Å²) in [6, 6.07) is 23.7. The fraction of sp³-hybridized carbons (Fsp3) is 0.0870. The second kappa shape index (κ2) is 8.01. The van der Waals surface area contributed by atoms with Gasteiger partial charge in [0.1, 0.15) is 0 Å². The molecule has 1 aliphatic rings. The van der Waals surface area contributed by atoms with Gasteiger partial charge in [0, 0.05) is 28.8 Å². The molecule has 0 saturated heterocycles. The molecule has 1 N–H and O–H groups in total. The second-order valence-corrected chi connectivity index (χ2v) is 9.53. The predicted octanol–water partition coefficient (Wildman–Crippen LogP) is 4.59. The molecule has 7 heteroatoms. The first-order valence-corrected chi connectivity index (χ1v) is 11.9. The number of nitrogens with one attached hydrogen (secondary N) is 1. The Labute approximate surface area is 180 Å². The largest absolute Gasteiger partial charge is 0.321 e. The van der Waals surface area contributed by atoms with Gasteiger partial charge in [-0.2, -0.15) is 0 Å². The third-order valence-corrected chi connectivity index (χ3v) is 7.50. The maximum Gasteiger partial charge on any atom is 0.270 e. The molecule has 1 amide bonds. The maximum absolute atomic E-state index is 13.4. The van der Waals surface area contributed by atoms with E-state index in [0.717, 1.165) is 4.90 Å². The molecule has 0 fully saturated rings. The van der Waals surface area contributed by atoms with E-state index in [1.165, 1.54) is 11.4 Å². The minimum atomic E-state index is -4.05. The van der Waals surface area contributed by atoms with Crippen LogP contribution in [0.5, 0.6) is 0 Å². The third kappa shape index (κ3) is 3.51. The van der Waals surface area contributed by atoms with E-state index in [9.17, 15) is 13.2 Å². The summed E-state index contributed by atoms with van der Waals surface area (Å²) in [6.45, 7) is 0. The van der Waals surface area contributed by atoms with Gasteiger partial charge in [-0.3, -0.25) is 9.10 Å². The van der Waals surface area contributed by atoms with Gasteiger partial charge in [0.2, 0.25) is 0 Å². The second-order valence-electron chi connectivity index (χ2n) is 6.75. The number of para-hydroxylation sites is 1. The van der Waals surface area contributed by atoms with Crippen LogP contribution in [0.3, 0.4) is 0 Å². The minimum Gasteiger partial charge on any atom is -0.321 e. The number of fused-ring (bicyclic) bond motifs is 1. The molecule has 0 unspecified atom stereocenters. The maximum atomic E-state index is 13.4. The molecule has 4 rings (SSSR count). The fourth-order valence-electron chi connectivity index (χ4n) is 3.49. The van der Waals surface area contributed by atoms with Crippen molar-refractivity contribution in [3.8, 4) is 0 Å². The van der Waals surface area contributed by atoms with Gasteiger partial charge in [0.05, 0.1) is 5.69 Å². The Morgan fingerprint density at radius 3 is 2.37 bits per heavy atom. The van der Waals surface area contributed by atoms with E-state index in [1.807, 2.05) is 66.9 Å². The molecule has 5 nitrogen and oxygen atoms in total. The molecule has 1 aliphatic heterocycles. The molecule has 0 atom stereocenters. The minimum absolute atomic E-state index is 0.260. The summed E-state index contributed by atoms with van der Waals surface area (Å²) < 4.78 is 28.0. The number of sulfonamides is 1. The molecule has 0 saturated carbocycles. The number of carbonyl (C=O) groups is 1. The molecule has 30 heavy (non-hydrogen) atoms. The predicted molar refractivity (Wildman–Crippen MR) is 123 cm³/mol. The van der Waals surface area contributed by atoms with E-state index in [1.54, 1.807) is 30.0 Å². The van der Waals surface area contributed by atoms with E-state index >= 15 is 0 Å². The van der Waals surface area contributed by atoms with Gasteiger partial charge in [-0.1, -0.05) is 54.6 Å². The Balaban J connectivity index is 1.94. The van der Waals surface area contributed by atoms with Crippen molar-refractivity contribution in [2.75, 3.05) is 22.9 Å². The molecule has 0 radical (unpaired) electrons. The zero-order valence-electron chi connectivity index (χ0n) is 16.5. The molecule has 0 spiro atoms. The normalized spacial score (nSPS) is 14.9. The van der Waals surface area contributed by atoms with Crippen LogP contribution in [0.1, 0.15) is 11.1 Å². The summed E-state index contributed by atoms with van der Waals surface area (Å²) in [5.41, 5.74) is 2.86. The summed E-state index contributed by atoms with van der Waals surface area (Å²) in [4.78, 5) is 14.1. The van der Waals surface area contributed by atoms with Gasteiger partial charge in [0.15, 0.2) is 4.91 Å².